The Morgan fingerprint density at radius 3 is 2.79 bits per heavy atom. The van der Waals surface area contributed by atoms with E-state index in [-0.39, 0.29) is 0 Å². The molecule has 3 unspecified atom stereocenters. The van der Waals surface area contributed by atoms with E-state index in [4.69, 9.17) is 0 Å². The van der Waals surface area contributed by atoms with Gasteiger partial charge in [0.15, 0.2) is 0 Å². The molecule has 3 atom stereocenters. The molecule has 3 heteroatoms. The highest BCUT2D eigenvalue weighted by Crippen LogP contribution is 2.41. The van der Waals surface area contributed by atoms with Crippen LogP contribution in [0, 0.1) is 18.8 Å². The van der Waals surface area contributed by atoms with Gasteiger partial charge < -0.3 is 5.32 Å². The predicted octanol–water partition coefficient (Wildman–Crippen LogP) is 4.71. The molecule has 1 aromatic rings. The van der Waals surface area contributed by atoms with Gasteiger partial charge in [0.1, 0.15) is 0 Å². The maximum atomic E-state index is 4.47. The third-order valence-corrected chi connectivity index (χ3v) is 5.61. The molecule has 0 bridgehead atoms. The lowest BCUT2D eigenvalue weighted by Crippen LogP contribution is -2.34. The van der Waals surface area contributed by atoms with Gasteiger partial charge in [-0.15, -0.1) is 11.3 Å². The van der Waals surface area contributed by atoms with E-state index >= 15 is 0 Å². The van der Waals surface area contributed by atoms with Crippen molar-refractivity contribution in [3.63, 3.8) is 0 Å². The first kappa shape index (κ1) is 15.0. The van der Waals surface area contributed by atoms with Crippen LogP contribution >= 0.6 is 11.3 Å². The number of thiazole rings is 1. The quantitative estimate of drug-likeness (QED) is 0.816. The minimum Gasteiger partial charge on any atom is -0.309 e. The Hall–Kier alpha value is -0.410. The summed E-state index contributed by atoms with van der Waals surface area (Å²) < 4.78 is 0. The SMILES string of the molecule is CCCNC(c1scnc1C)C1CCCCC1CC. The molecule has 1 aliphatic rings. The standard InChI is InChI=1S/C16H28N2S/c1-4-10-17-15(16-12(3)18-11-19-16)14-9-7-6-8-13(14)5-2/h11,13-15,17H,4-10H2,1-3H3. The summed E-state index contributed by atoms with van der Waals surface area (Å²) in [5.41, 5.74) is 3.24. The van der Waals surface area contributed by atoms with Crippen LogP contribution in [-0.4, -0.2) is 11.5 Å². The topological polar surface area (TPSA) is 24.9 Å². The molecule has 0 amide bonds. The van der Waals surface area contributed by atoms with Crippen LogP contribution in [0.4, 0.5) is 0 Å². The van der Waals surface area contributed by atoms with E-state index in [2.05, 4.69) is 31.1 Å². The second-order valence-electron chi connectivity index (χ2n) is 5.85. The van der Waals surface area contributed by atoms with Crippen LogP contribution in [0.5, 0.6) is 0 Å². The molecule has 1 aliphatic carbocycles. The normalized spacial score (nSPS) is 25.4. The Morgan fingerprint density at radius 2 is 2.16 bits per heavy atom. The van der Waals surface area contributed by atoms with E-state index in [9.17, 15) is 0 Å². The van der Waals surface area contributed by atoms with Gasteiger partial charge in [0.25, 0.3) is 0 Å². The number of aryl methyl sites for hydroxylation is 1. The number of aromatic nitrogens is 1. The van der Waals surface area contributed by atoms with Crippen molar-refractivity contribution >= 4 is 11.3 Å². The van der Waals surface area contributed by atoms with Crippen LogP contribution in [0.1, 0.15) is 69.0 Å². The minimum atomic E-state index is 0.540. The lowest BCUT2D eigenvalue weighted by Gasteiger charge is -2.37. The number of rotatable bonds is 6. The zero-order chi connectivity index (χ0) is 13.7. The number of hydrogen-bond donors (Lipinski definition) is 1. The number of nitrogens with zero attached hydrogens (tertiary/aromatic N) is 1. The highest BCUT2D eigenvalue weighted by Gasteiger charge is 2.32. The summed E-state index contributed by atoms with van der Waals surface area (Å²) >= 11 is 1.84. The van der Waals surface area contributed by atoms with Crippen molar-refractivity contribution in [3.05, 3.63) is 16.1 Å². The molecule has 0 saturated heterocycles. The number of hydrogen-bond acceptors (Lipinski definition) is 3. The summed E-state index contributed by atoms with van der Waals surface area (Å²) in [4.78, 5) is 5.95. The molecular formula is C16H28N2S. The van der Waals surface area contributed by atoms with Crippen LogP contribution < -0.4 is 5.32 Å². The van der Waals surface area contributed by atoms with Crippen molar-refractivity contribution in [1.29, 1.82) is 0 Å². The monoisotopic (exact) mass is 280 g/mol. The van der Waals surface area contributed by atoms with Gasteiger partial charge in [-0.25, -0.2) is 4.98 Å². The van der Waals surface area contributed by atoms with Gasteiger partial charge in [-0.05, 0) is 38.1 Å². The van der Waals surface area contributed by atoms with Crippen molar-refractivity contribution in [2.45, 2.75) is 65.3 Å². The fourth-order valence-electron chi connectivity index (χ4n) is 3.53. The van der Waals surface area contributed by atoms with Gasteiger partial charge in [-0.2, -0.15) is 0 Å². The Morgan fingerprint density at radius 1 is 1.37 bits per heavy atom. The molecular weight excluding hydrogens is 252 g/mol. The molecule has 0 spiro atoms. The number of nitrogens with one attached hydrogen (secondary N) is 1. The largest absolute Gasteiger partial charge is 0.309 e. The third kappa shape index (κ3) is 3.57. The molecule has 1 saturated carbocycles. The second-order valence-corrected chi connectivity index (χ2v) is 6.74. The summed E-state index contributed by atoms with van der Waals surface area (Å²) in [6.07, 6.45) is 8.17. The molecule has 1 N–H and O–H groups in total. The van der Waals surface area contributed by atoms with E-state index < -0.39 is 0 Å². The summed E-state index contributed by atoms with van der Waals surface area (Å²) in [7, 11) is 0. The summed E-state index contributed by atoms with van der Waals surface area (Å²) in [5.74, 6) is 1.70. The van der Waals surface area contributed by atoms with Gasteiger partial charge in [-0.1, -0.05) is 39.5 Å². The van der Waals surface area contributed by atoms with E-state index in [1.807, 2.05) is 16.8 Å². The van der Waals surface area contributed by atoms with Gasteiger partial charge in [0.05, 0.1) is 11.2 Å². The zero-order valence-corrected chi connectivity index (χ0v) is 13.4. The van der Waals surface area contributed by atoms with Gasteiger partial charge in [0, 0.05) is 10.9 Å². The van der Waals surface area contributed by atoms with Crippen molar-refractivity contribution in [2.75, 3.05) is 6.54 Å². The Balaban J connectivity index is 2.18. The minimum absolute atomic E-state index is 0.540. The van der Waals surface area contributed by atoms with E-state index in [1.54, 1.807) is 0 Å². The third-order valence-electron chi connectivity index (χ3n) is 4.60. The van der Waals surface area contributed by atoms with E-state index in [0.29, 0.717) is 6.04 Å². The summed E-state index contributed by atoms with van der Waals surface area (Å²) in [6, 6.07) is 0.540. The van der Waals surface area contributed by atoms with Gasteiger partial charge in [0.2, 0.25) is 0 Å². The molecule has 1 heterocycles. The van der Waals surface area contributed by atoms with E-state index in [1.165, 1.54) is 49.1 Å². The van der Waals surface area contributed by atoms with Crippen molar-refractivity contribution in [3.8, 4) is 0 Å². The van der Waals surface area contributed by atoms with Crippen LogP contribution in [-0.2, 0) is 0 Å². The maximum Gasteiger partial charge on any atom is 0.0798 e. The fraction of sp³-hybridized carbons (Fsp3) is 0.812. The van der Waals surface area contributed by atoms with Crippen molar-refractivity contribution in [1.82, 2.24) is 10.3 Å². The van der Waals surface area contributed by atoms with E-state index in [0.717, 1.165) is 18.4 Å². The summed E-state index contributed by atoms with van der Waals surface area (Å²) in [5, 5.41) is 3.82. The Kier molecular flexibility index (Phi) is 5.83. The molecule has 2 rings (SSSR count). The first-order valence-corrected chi connectivity index (χ1v) is 8.79. The lowest BCUT2D eigenvalue weighted by molar-refractivity contribution is 0.177. The summed E-state index contributed by atoms with van der Waals surface area (Å²) in [6.45, 7) is 7.90. The fourth-order valence-corrected chi connectivity index (χ4v) is 4.48. The average molecular weight is 280 g/mol. The Labute approximate surface area is 122 Å². The average Bonchev–Trinajstić information content (AvgIpc) is 2.86. The lowest BCUT2D eigenvalue weighted by atomic mass is 9.73. The van der Waals surface area contributed by atoms with Crippen molar-refractivity contribution in [2.24, 2.45) is 11.8 Å². The van der Waals surface area contributed by atoms with Gasteiger partial charge in [-0.3, -0.25) is 0 Å². The Bertz CT molecular complexity index is 375. The first-order valence-electron chi connectivity index (χ1n) is 7.91. The predicted molar refractivity (Wildman–Crippen MR) is 83.6 cm³/mol. The molecule has 0 radical (unpaired) electrons. The van der Waals surface area contributed by atoms with Crippen LogP contribution in [0.3, 0.4) is 0 Å². The molecule has 0 aromatic carbocycles. The molecule has 0 aliphatic heterocycles. The molecule has 1 aromatic heterocycles. The smallest absolute Gasteiger partial charge is 0.0798 e. The zero-order valence-electron chi connectivity index (χ0n) is 12.6. The van der Waals surface area contributed by atoms with Gasteiger partial charge >= 0.3 is 0 Å². The van der Waals surface area contributed by atoms with Crippen LogP contribution in [0.2, 0.25) is 0 Å². The van der Waals surface area contributed by atoms with Crippen LogP contribution in [0.15, 0.2) is 5.51 Å². The molecule has 19 heavy (non-hydrogen) atoms. The van der Waals surface area contributed by atoms with Crippen molar-refractivity contribution < 1.29 is 0 Å². The molecule has 1 fully saturated rings. The highest BCUT2D eigenvalue weighted by atomic mass is 32.1. The second kappa shape index (κ2) is 7.39. The highest BCUT2D eigenvalue weighted by molar-refractivity contribution is 7.09. The maximum absolute atomic E-state index is 4.47. The first-order chi connectivity index (χ1) is 9.27. The molecule has 108 valence electrons. The van der Waals surface area contributed by atoms with Crippen LogP contribution in [0.25, 0.3) is 0 Å². The molecule has 2 nitrogen and oxygen atoms in total.